The zero-order valence-electron chi connectivity index (χ0n) is 22.3. The Hall–Kier alpha value is -0.480. The molecule has 0 atom stereocenters. The van der Waals surface area contributed by atoms with Gasteiger partial charge >= 0.3 is 0 Å². The molecule has 1 heterocycles. The maximum Gasteiger partial charge on any atom is 0.0701 e. The Kier molecular flexibility index (Phi) is 25.7. The van der Waals surface area contributed by atoms with Crippen molar-refractivity contribution in [2.75, 3.05) is 158 Å². The molecule has 1 rings (SSSR count). The molecule has 0 bridgehead atoms. The van der Waals surface area contributed by atoms with Gasteiger partial charge in [0.25, 0.3) is 0 Å². The zero-order chi connectivity index (χ0) is 25.8. The first kappa shape index (κ1) is 33.5. The van der Waals surface area contributed by atoms with Crippen molar-refractivity contribution in [2.24, 2.45) is 11.5 Å². The summed E-state index contributed by atoms with van der Waals surface area (Å²) in [6, 6.07) is 0. The van der Waals surface area contributed by atoms with Crippen molar-refractivity contribution in [3.8, 4) is 0 Å². The van der Waals surface area contributed by atoms with Crippen LogP contribution in [0.5, 0.6) is 0 Å². The van der Waals surface area contributed by atoms with Gasteiger partial charge in [0, 0.05) is 52.4 Å². The highest BCUT2D eigenvalue weighted by Crippen LogP contribution is 1.95. The van der Waals surface area contributed by atoms with E-state index in [1.54, 1.807) is 0 Å². The molecule has 0 aromatic rings. The van der Waals surface area contributed by atoms with Crippen LogP contribution in [0, 0.1) is 0 Å². The lowest BCUT2D eigenvalue weighted by atomic mass is 10.4. The highest BCUT2D eigenvalue weighted by Gasteiger charge is 2.08. The van der Waals surface area contributed by atoms with Gasteiger partial charge in [0.2, 0.25) is 0 Å². The van der Waals surface area contributed by atoms with Gasteiger partial charge < -0.3 is 49.4 Å². The van der Waals surface area contributed by atoms with Crippen LogP contribution < -0.4 is 11.5 Å². The van der Waals surface area contributed by atoms with E-state index in [4.69, 9.17) is 49.4 Å². The smallest absolute Gasteiger partial charge is 0.0701 e. The van der Waals surface area contributed by atoms with Crippen molar-refractivity contribution in [1.82, 2.24) is 9.80 Å². The van der Waals surface area contributed by atoms with Gasteiger partial charge in [0.1, 0.15) is 0 Å². The summed E-state index contributed by atoms with van der Waals surface area (Å²) in [5.74, 6) is 0. The molecule has 0 aliphatic carbocycles. The van der Waals surface area contributed by atoms with E-state index in [1.165, 1.54) is 0 Å². The summed E-state index contributed by atoms with van der Waals surface area (Å²) in [6.45, 7) is 15.6. The van der Waals surface area contributed by atoms with Gasteiger partial charge in [0.05, 0.1) is 106 Å². The van der Waals surface area contributed by atoms with Gasteiger partial charge in [-0.1, -0.05) is 0 Å². The first-order valence-electron chi connectivity index (χ1n) is 13.3. The van der Waals surface area contributed by atoms with Crippen molar-refractivity contribution < 1.29 is 37.9 Å². The lowest BCUT2D eigenvalue weighted by molar-refractivity contribution is -0.00352. The molecule has 4 N–H and O–H groups in total. The molecule has 0 aromatic carbocycles. The first-order valence-corrected chi connectivity index (χ1v) is 13.3. The molecule has 0 aromatic heterocycles. The van der Waals surface area contributed by atoms with E-state index in [2.05, 4.69) is 9.80 Å². The molecule has 0 unspecified atom stereocenters. The van der Waals surface area contributed by atoms with Crippen LogP contribution in [0.15, 0.2) is 0 Å². The van der Waals surface area contributed by atoms with E-state index < -0.39 is 0 Å². The molecule has 0 spiro atoms. The number of ether oxygens (including phenoxy) is 8. The van der Waals surface area contributed by atoms with Crippen molar-refractivity contribution in [2.45, 2.75) is 0 Å². The molecular weight excluding hydrogens is 472 g/mol. The predicted octanol–water partition coefficient (Wildman–Crippen LogP) is -1.35. The Morgan fingerprint density at radius 3 is 1.03 bits per heavy atom. The zero-order valence-corrected chi connectivity index (χ0v) is 22.3. The predicted molar refractivity (Wildman–Crippen MR) is 138 cm³/mol. The van der Waals surface area contributed by atoms with Crippen molar-refractivity contribution in [3.63, 3.8) is 0 Å². The molecule has 1 aliphatic heterocycles. The van der Waals surface area contributed by atoms with Crippen LogP contribution in [0.1, 0.15) is 0 Å². The van der Waals surface area contributed by atoms with E-state index in [-0.39, 0.29) is 0 Å². The average molecular weight is 525 g/mol. The fraction of sp³-hybridized carbons (Fsp3) is 1.00. The van der Waals surface area contributed by atoms with Gasteiger partial charge in [-0.25, -0.2) is 0 Å². The quantitative estimate of drug-likeness (QED) is 0.231. The summed E-state index contributed by atoms with van der Waals surface area (Å²) in [6.07, 6.45) is 0. The molecule has 1 fully saturated rings. The first-order chi connectivity index (χ1) is 17.9. The Morgan fingerprint density at radius 2 is 0.722 bits per heavy atom. The van der Waals surface area contributed by atoms with E-state index >= 15 is 0 Å². The highest BCUT2D eigenvalue weighted by molar-refractivity contribution is 4.59. The maximum atomic E-state index is 5.77. The van der Waals surface area contributed by atoms with Crippen molar-refractivity contribution in [3.05, 3.63) is 0 Å². The summed E-state index contributed by atoms with van der Waals surface area (Å²) in [5, 5.41) is 0. The maximum absolute atomic E-state index is 5.77. The fourth-order valence-corrected chi connectivity index (χ4v) is 3.29. The van der Waals surface area contributed by atoms with Crippen LogP contribution in [0.4, 0.5) is 0 Å². The Balaban J connectivity index is 2.23. The second kappa shape index (κ2) is 27.6. The number of nitrogens with zero attached hydrogens (tertiary/aromatic N) is 2. The number of rotatable bonds is 16. The number of hydrogen-bond acceptors (Lipinski definition) is 12. The summed E-state index contributed by atoms with van der Waals surface area (Å²) in [7, 11) is 0. The molecule has 1 saturated heterocycles. The van der Waals surface area contributed by atoms with Gasteiger partial charge in [-0.15, -0.1) is 0 Å². The monoisotopic (exact) mass is 524 g/mol. The second-order valence-corrected chi connectivity index (χ2v) is 8.16. The number of hydrogen-bond donors (Lipinski definition) is 2. The molecule has 216 valence electrons. The summed E-state index contributed by atoms with van der Waals surface area (Å²) in [4.78, 5) is 4.58. The molecule has 0 saturated carbocycles. The van der Waals surface area contributed by atoms with Gasteiger partial charge in [-0.2, -0.15) is 0 Å². The fourth-order valence-electron chi connectivity index (χ4n) is 3.29. The minimum absolute atomic E-state index is 0.533. The van der Waals surface area contributed by atoms with Crippen LogP contribution >= 0.6 is 0 Å². The minimum Gasteiger partial charge on any atom is -0.378 e. The topological polar surface area (TPSA) is 132 Å². The molecule has 1 aliphatic rings. The van der Waals surface area contributed by atoms with Gasteiger partial charge in [-0.05, 0) is 0 Å². The van der Waals surface area contributed by atoms with Crippen molar-refractivity contribution in [1.29, 1.82) is 0 Å². The molecule has 0 amide bonds. The molecule has 12 heteroatoms. The number of nitrogens with two attached hydrogens (primary N) is 2. The highest BCUT2D eigenvalue weighted by atomic mass is 16.5. The van der Waals surface area contributed by atoms with Gasteiger partial charge in [0.15, 0.2) is 0 Å². The normalized spacial score (nSPS) is 19.2. The minimum atomic E-state index is 0.533. The van der Waals surface area contributed by atoms with E-state index in [1.807, 2.05) is 0 Å². The van der Waals surface area contributed by atoms with Crippen LogP contribution in [0.2, 0.25) is 0 Å². The Bertz CT molecular complexity index is 385. The lowest BCUT2D eigenvalue weighted by Crippen LogP contribution is -2.35. The van der Waals surface area contributed by atoms with Crippen LogP contribution in [0.3, 0.4) is 0 Å². The Labute approximate surface area is 217 Å². The van der Waals surface area contributed by atoms with Crippen LogP contribution in [-0.4, -0.2) is 168 Å². The lowest BCUT2D eigenvalue weighted by Gasteiger charge is -2.23. The third-order valence-corrected chi connectivity index (χ3v) is 5.32. The molecular formula is C24H52N4O8. The van der Waals surface area contributed by atoms with Crippen LogP contribution in [-0.2, 0) is 37.9 Å². The third-order valence-electron chi connectivity index (χ3n) is 5.32. The Morgan fingerprint density at radius 1 is 0.417 bits per heavy atom. The second-order valence-electron chi connectivity index (χ2n) is 8.16. The van der Waals surface area contributed by atoms with E-state index in [0.717, 1.165) is 39.3 Å². The summed E-state index contributed by atoms with van der Waals surface area (Å²) >= 11 is 0. The molecule has 36 heavy (non-hydrogen) atoms. The van der Waals surface area contributed by atoms with Gasteiger partial charge in [-0.3, -0.25) is 9.80 Å². The largest absolute Gasteiger partial charge is 0.378 e. The molecule has 0 radical (unpaired) electrons. The standard InChI is InChI=1S/C24H52N4O8/c25-1-9-29-17-19-31-11-3-27-5-13-33-21-23-35-15-7-28(4-12-32-20-18-30-10-2-26)8-16-36-24-22-34-14-6-27/h1-26H2. The average Bonchev–Trinajstić information content (AvgIpc) is 2.89. The third kappa shape index (κ3) is 22.7. The van der Waals surface area contributed by atoms with E-state index in [9.17, 15) is 0 Å². The summed E-state index contributed by atoms with van der Waals surface area (Å²) in [5.41, 5.74) is 10.8. The van der Waals surface area contributed by atoms with E-state index in [0.29, 0.717) is 119 Å². The van der Waals surface area contributed by atoms with Crippen molar-refractivity contribution >= 4 is 0 Å². The van der Waals surface area contributed by atoms with Crippen LogP contribution in [0.25, 0.3) is 0 Å². The SMILES string of the molecule is NCCOCCOCCN1CCOCCOCCN(CCOCCOCCN)CCOCCOCC1. The summed E-state index contributed by atoms with van der Waals surface area (Å²) < 4.78 is 45.1. The molecule has 12 nitrogen and oxygen atoms in total.